The summed E-state index contributed by atoms with van der Waals surface area (Å²) >= 11 is 0. The molecule has 0 aromatic heterocycles. The molecule has 0 N–H and O–H groups in total. The summed E-state index contributed by atoms with van der Waals surface area (Å²) in [5, 5.41) is 0. The molecular formula is C16H24BNO2. The van der Waals surface area contributed by atoms with Crippen LogP contribution in [-0.4, -0.2) is 31.3 Å². The largest absolute Gasteiger partial charge is 0.494 e. The Morgan fingerprint density at radius 3 is 2.05 bits per heavy atom. The molecule has 20 heavy (non-hydrogen) atoms. The first-order chi connectivity index (χ1) is 14.1. The van der Waals surface area contributed by atoms with Gasteiger partial charge in [0.25, 0.3) is 0 Å². The molecule has 2 aliphatic heterocycles. The van der Waals surface area contributed by atoms with Gasteiger partial charge in [0, 0.05) is 29.6 Å². The van der Waals surface area contributed by atoms with E-state index in [9.17, 15) is 0 Å². The van der Waals surface area contributed by atoms with Crippen LogP contribution in [0.5, 0.6) is 0 Å². The lowest BCUT2D eigenvalue weighted by molar-refractivity contribution is 0.00578. The number of hydrogen-bond donors (Lipinski definition) is 0. The van der Waals surface area contributed by atoms with E-state index in [4.69, 9.17) is 25.8 Å². The zero-order chi connectivity index (χ0) is 25.0. The highest BCUT2D eigenvalue weighted by molar-refractivity contribution is 6.62. The van der Waals surface area contributed by atoms with E-state index in [-0.39, 0.29) is 10.4 Å². The van der Waals surface area contributed by atoms with Crippen LogP contribution in [0, 0.1) is 0 Å². The lowest BCUT2D eigenvalue weighted by Gasteiger charge is -2.32. The molecule has 0 amide bonds. The van der Waals surface area contributed by atoms with Gasteiger partial charge in [-0.15, -0.1) is 0 Å². The highest BCUT2D eigenvalue weighted by atomic mass is 16.7. The fourth-order valence-electron chi connectivity index (χ4n) is 1.81. The molecule has 0 bridgehead atoms. The highest BCUT2D eigenvalue weighted by Gasteiger charge is 2.51. The molecule has 2 saturated heterocycles. The average molecular weight is 285 g/mol. The first kappa shape index (κ1) is 5.66. The van der Waals surface area contributed by atoms with E-state index in [1.165, 1.54) is 0 Å². The Morgan fingerprint density at radius 1 is 1.05 bits per heavy atom. The van der Waals surface area contributed by atoms with Crippen LogP contribution < -0.4 is 10.4 Å². The molecule has 4 heteroatoms. The van der Waals surface area contributed by atoms with Gasteiger partial charge in [-0.25, -0.2) is 0 Å². The van der Waals surface area contributed by atoms with Gasteiger partial charge in [-0.3, -0.25) is 0 Å². The lowest BCUT2D eigenvalue weighted by atomic mass is 9.79. The molecule has 0 aliphatic carbocycles. The standard InChI is InChI=1S/C16H24BNO2/c1-15(2)16(3,4)20-17(19-15)13-7-9-14(10-8-13)18-11-5-6-12-18/h7-10H,5-6,11-12H2,1-4H3/i5D2,6D2,7D,8D,9D,10D,11D2,12D2. The maximum absolute atomic E-state index is 8.41. The fourth-order valence-corrected chi connectivity index (χ4v) is 1.81. The molecule has 108 valence electrons. The molecule has 2 aliphatic rings. The van der Waals surface area contributed by atoms with Crippen LogP contribution in [0.15, 0.2) is 24.2 Å². The van der Waals surface area contributed by atoms with Crippen molar-refractivity contribution >= 4 is 18.3 Å². The molecule has 0 radical (unpaired) electrons. The third kappa shape index (κ3) is 2.36. The van der Waals surface area contributed by atoms with Gasteiger partial charge in [0.1, 0.15) is 0 Å². The van der Waals surface area contributed by atoms with E-state index >= 15 is 0 Å². The zero-order valence-corrected chi connectivity index (χ0v) is 11.8. The van der Waals surface area contributed by atoms with Crippen LogP contribution in [0.25, 0.3) is 0 Å². The zero-order valence-electron chi connectivity index (χ0n) is 23.8. The van der Waals surface area contributed by atoms with Crippen molar-refractivity contribution in [2.75, 3.05) is 17.9 Å². The molecule has 0 atom stereocenters. The van der Waals surface area contributed by atoms with Gasteiger partial charge in [0.15, 0.2) is 0 Å². The van der Waals surface area contributed by atoms with Crippen molar-refractivity contribution in [1.29, 1.82) is 0 Å². The molecule has 0 spiro atoms. The van der Waals surface area contributed by atoms with Crippen molar-refractivity contribution in [3.63, 3.8) is 0 Å². The van der Waals surface area contributed by atoms with Crippen molar-refractivity contribution in [3.8, 4) is 0 Å². The summed E-state index contributed by atoms with van der Waals surface area (Å²) < 4.78 is 110. The average Bonchev–Trinajstić information content (AvgIpc) is 2.86. The van der Waals surface area contributed by atoms with E-state index < -0.39 is 73.9 Å². The van der Waals surface area contributed by atoms with E-state index in [0.717, 1.165) is 0 Å². The van der Waals surface area contributed by atoms with Gasteiger partial charge in [-0.2, -0.15) is 0 Å². The predicted octanol–water partition coefficient (Wildman–Crippen LogP) is 2.59. The molecular weight excluding hydrogens is 249 g/mol. The Balaban J connectivity index is 2.26. The van der Waals surface area contributed by atoms with Gasteiger partial charge in [0.2, 0.25) is 0 Å². The summed E-state index contributed by atoms with van der Waals surface area (Å²) in [5.41, 5.74) is -2.86. The second-order valence-corrected chi connectivity index (χ2v) is 5.66. The second kappa shape index (κ2) is 4.78. The Labute approximate surface area is 139 Å². The normalized spacial score (nSPS) is 43.2. The van der Waals surface area contributed by atoms with Crippen molar-refractivity contribution in [1.82, 2.24) is 0 Å². The predicted molar refractivity (Wildman–Crippen MR) is 83.6 cm³/mol. The smallest absolute Gasteiger partial charge is 0.399 e. The molecule has 0 saturated carbocycles. The Hall–Kier alpha value is -0.995. The topological polar surface area (TPSA) is 21.7 Å². The van der Waals surface area contributed by atoms with Gasteiger partial charge < -0.3 is 14.2 Å². The number of hydrogen-bond acceptors (Lipinski definition) is 3. The maximum atomic E-state index is 8.41. The van der Waals surface area contributed by atoms with Gasteiger partial charge in [-0.1, -0.05) is 12.1 Å². The molecule has 1 aromatic carbocycles. The quantitative estimate of drug-likeness (QED) is 0.780. The van der Waals surface area contributed by atoms with Crippen LogP contribution in [-0.2, 0) is 9.31 Å². The van der Waals surface area contributed by atoms with Crippen molar-refractivity contribution in [3.05, 3.63) is 24.2 Å². The maximum Gasteiger partial charge on any atom is 0.494 e. The monoisotopic (exact) mass is 285 g/mol. The summed E-state index contributed by atoms with van der Waals surface area (Å²) in [5.74, 6) is 0. The van der Waals surface area contributed by atoms with E-state index in [1.54, 1.807) is 27.7 Å². The minimum atomic E-state index is -3.38. The van der Waals surface area contributed by atoms with Gasteiger partial charge >= 0.3 is 7.12 Å². The molecule has 2 heterocycles. The fraction of sp³-hybridized carbons (Fsp3) is 0.625. The van der Waals surface area contributed by atoms with Crippen LogP contribution in [0.4, 0.5) is 5.69 Å². The summed E-state index contributed by atoms with van der Waals surface area (Å²) in [6, 6.07) is -3.09. The third-order valence-electron chi connectivity index (χ3n) is 3.74. The SMILES string of the molecule is [2H]c1c([2H])c(N2C([2H])([2H])C([2H])([2H])C([2H])([2H])C2([2H])[2H])c([2H])c([2H])c1B1OC(C)(C)C(C)(C)O1. The summed E-state index contributed by atoms with van der Waals surface area (Å²) in [4.78, 5) is 0.0365. The summed E-state index contributed by atoms with van der Waals surface area (Å²) in [7, 11) is -1.28. The first-order valence-electron chi connectivity index (χ1n) is 12.3. The first-order valence-corrected chi connectivity index (χ1v) is 6.34. The van der Waals surface area contributed by atoms with Crippen molar-refractivity contribution in [2.24, 2.45) is 0 Å². The van der Waals surface area contributed by atoms with E-state index in [2.05, 4.69) is 0 Å². The van der Waals surface area contributed by atoms with Crippen molar-refractivity contribution < 1.29 is 25.8 Å². The number of benzene rings is 1. The molecule has 2 fully saturated rings. The Kier molecular flexibility index (Phi) is 1.35. The Bertz CT molecular complexity index is 909. The Morgan fingerprint density at radius 2 is 1.55 bits per heavy atom. The van der Waals surface area contributed by atoms with Crippen LogP contribution in [0.2, 0.25) is 0 Å². The minimum Gasteiger partial charge on any atom is -0.399 e. The second-order valence-electron chi connectivity index (χ2n) is 5.66. The van der Waals surface area contributed by atoms with Crippen LogP contribution >= 0.6 is 0 Å². The molecule has 3 rings (SSSR count). The number of rotatable bonds is 2. The number of anilines is 1. The van der Waals surface area contributed by atoms with Crippen LogP contribution in [0.3, 0.4) is 0 Å². The van der Waals surface area contributed by atoms with E-state index in [1.807, 2.05) is 0 Å². The van der Waals surface area contributed by atoms with Crippen LogP contribution in [0.1, 0.15) is 56.9 Å². The number of nitrogens with zero attached hydrogens (tertiary/aromatic N) is 1. The third-order valence-corrected chi connectivity index (χ3v) is 3.74. The highest BCUT2D eigenvalue weighted by Crippen LogP contribution is 2.36. The van der Waals surface area contributed by atoms with Gasteiger partial charge in [-0.05, 0) is 58.0 Å². The van der Waals surface area contributed by atoms with E-state index in [0.29, 0.717) is 0 Å². The minimum absolute atomic E-state index is 0.0365. The summed E-state index contributed by atoms with van der Waals surface area (Å²) in [6.07, 6.45) is -6.76. The molecule has 0 unspecified atom stereocenters. The lowest BCUT2D eigenvalue weighted by Crippen LogP contribution is -2.41. The molecule has 1 aromatic rings. The van der Waals surface area contributed by atoms with Crippen molar-refractivity contribution in [2.45, 2.75) is 51.6 Å². The molecule has 3 nitrogen and oxygen atoms in total. The summed E-state index contributed by atoms with van der Waals surface area (Å²) in [6.45, 7) is 0.252. The van der Waals surface area contributed by atoms with Gasteiger partial charge in [0.05, 0.1) is 16.7 Å².